The second-order valence-electron chi connectivity index (χ2n) is 13.8. The lowest BCUT2D eigenvalue weighted by Gasteiger charge is -2.44. The number of ether oxygens (including phenoxy) is 5. The van der Waals surface area contributed by atoms with Crippen molar-refractivity contribution < 1.29 is 33.3 Å². The van der Waals surface area contributed by atoms with Crippen LogP contribution in [0.15, 0.2) is 24.0 Å². The van der Waals surface area contributed by atoms with Gasteiger partial charge in [-0.1, -0.05) is 32.5 Å². The van der Waals surface area contributed by atoms with Crippen molar-refractivity contribution in [2.45, 2.75) is 113 Å². The van der Waals surface area contributed by atoms with Crippen molar-refractivity contribution in [3.05, 3.63) is 35.1 Å². The van der Waals surface area contributed by atoms with Gasteiger partial charge in [0.05, 0.1) is 30.6 Å². The maximum absolute atomic E-state index is 14.4. The first kappa shape index (κ1) is 28.9. The third-order valence-corrected chi connectivity index (χ3v) is 10.2. The third-order valence-electron chi connectivity index (χ3n) is 9.25. The van der Waals surface area contributed by atoms with Crippen LogP contribution >= 0.6 is 11.8 Å². The zero-order valence-corrected chi connectivity index (χ0v) is 26.0. The van der Waals surface area contributed by atoms with Crippen molar-refractivity contribution in [2.75, 3.05) is 27.0 Å². The summed E-state index contributed by atoms with van der Waals surface area (Å²) in [7, 11) is 1.65. The normalized spacial score (nSPS) is 31.9. The van der Waals surface area contributed by atoms with Gasteiger partial charge in [-0.05, 0) is 88.3 Å². The van der Waals surface area contributed by atoms with Gasteiger partial charge in [0.15, 0.2) is 28.3 Å². The number of hydrogen-bond acceptors (Lipinski definition) is 9. The largest absolute Gasteiger partial charge is 0.497 e. The third kappa shape index (κ3) is 5.16. The topological polar surface area (TPSA) is 83.5 Å². The van der Waals surface area contributed by atoms with E-state index in [-0.39, 0.29) is 34.5 Å². The van der Waals surface area contributed by atoms with Gasteiger partial charge < -0.3 is 23.7 Å². The molecule has 4 atom stereocenters. The van der Waals surface area contributed by atoms with Crippen LogP contribution < -0.4 is 9.47 Å². The molecule has 8 nitrogen and oxygen atoms in total. The first-order valence-corrected chi connectivity index (χ1v) is 15.7. The van der Waals surface area contributed by atoms with E-state index in [0.29, 0.717) is 12.2 Å². The van der Waals surface area contributed by atoms with Crippen LogP contribution in [0.2, 0.25) is 0 Å². The van der Waals surface area contributed by atoms with E-state index in [0.717, 1.165) is 62.3 Å². The van der Waals surface area contributed by atoms with Crippen LogP contribution in [-0.4, -0.2) is 70.6 Å². The minimum absolute atomic E-state index is 0.0207. The monoisotopic (exact) mass is 585 g/mol. The maximum atomic E-state index is 14.4. The first-order chi connectivity index (χ1) is 19.3. The van der Waals surface area contributed by atoms with Crippen molar-refractivity contribution >= 4 is 22.8 Å². The summed E-state index contributed by atoms with van der Waals surface area (Å²) in [4.78, 5) is 30.3. The number of carbonyl (C=O) groups excluding carboxylic acids is 2. The van der Waals surface area contributed by atoms with E-state index in [9.17, 15) is 9.59 Å². The van der Waals surface area contributed by atoms with E-state index in [4.69, 9.17) is 23.7 Å². The molecular formula is C32H43NO7S. The molecule has 2 saturated heterocycles. The summed E-state index contributed by atoms with van der Waals surface area (Å²) < 4.78 is 30.3. The van der Waals surface area contributed by atoms with Crippen molar-refractivity contribution in [1.29, 1.82) is 0 Å². The molecule has 41 heavy (non-hydrogen) atoms. The van der Waals surface area contributed by atoms with Crippen LogP contribution in [0.3, 0.4) is 0 Å². The van der Waals surface area contributed by atoms with Gasteiger partial charge in [-0.15, -0.1) is 0 Å². The van der Waals surface area contributed by atoms with E-state index in [1.54, 1.807) is 7.11 Å². The number of fused-ring (bicyclic) bond motifs is 3. The molecule has 0 amide bonds. The summed E-state index contributed by atoms with van der Waals surface area (Å²) in [6.07, 6.45) is 6.45. The molecule has 2 fully saturated rings. The number of carbonyl (C=O) groups is 2. The molecule has 224 valence electrons. The second kappa shape index (κ2) is 10.2. The molecule has 0 saturated carbocycles. The zero-order chi connectivity index (χ0) is 29.2. The summed E-state index contributed by atoms with van der Waals surface area (Å²) in [5.74, 6) is 1.48. The maximum Gasteiger partial charge on any atom is 0.339 e. The Bertz CT molecular complexity index is 1270. The highest BCUT2D eigenvalue weighted by Crippen LogP contribution is 2.56. The Labute approximate surface area is 247 Å². The summed E-state index contributed by atoms with van der Waals surface area (Å²) in [5.41, 5.74) is 0.0752. The summed E-state index contributed by atoms with van der Waals surface area (Å²) >= 11 is 1.25. The fourth-order valence-electron chi connectivity index (χ4n) is 7.70. The van der Waals surface area contributed by atoms with Gasteiger partial charge in [-0.25, -0.2) is 4.79 Å². The lowest BCUT2D eigenvalue weighted by Crippen LogP contribution is -2.54. The van der Waals surface area contributed by atoms with Crippen molar-refractivity contribution in [2.24, 2.45) is 0 Å². The highest BCUT2D eigenvalue weighted by atomic mass is 32.2. The molecule has 1 aromatic rings. The predicted octanol–water partition coefficient (Wildman–Crippen LogP) is 5.51. The van der Waals surface area contributed by atoms with Gasteiger partial charge in [-0.3, -0.25) is 9.69 Å². The molecule has 1 aromatic carbocycles. The fourth-order valence-corrected chi connectivity index (χ4v) is 8.69. The molecule has 9 heteroatoms. The van der Waals surface area contributed by atoms with Gasteiger partial charge >= 0.3 is 5.97 Å². The molecule has 0 N–H and O–H groups in total. The van der Waals surface area contributed by atoms with Crippen LogP contribution in [0.1, 0.15) is 90.2 Å². The minimum atomic E-state index is -1.34. The highest BCUT2D eigenvalue weighted by Gasteiger charge is 2.60. The average Bonchev–Trinajstić information content (AvgIpc) is 3.55. The van der Waals surface area contributed by atoms with Gasteiger partial charge in [0.1, 0.15) is 5.76 Å². The standard InChI is InChI=1S/C32H43NO7S/c1-29(2,3)41-25(34)18-32(12-7-10-30(4,5)40-32)28(35)39-27-24(36-6)17-31-11-8-13-33(31)14-9-20-15-22-23(38-19-37-22)16-21(20)26(27)31/h15-17,26-27H,7-14,18-19H2,1-6H3/t26-,27?,31+,32+/m1/s1. The van der Waals surface area contributed by atoms with Crippen molar-refractivity contribution in [1.82, 2.24) is 4.90 Å². The predicted molar refractivity (Wildman–Crippen MR) is 156 cm³/mol. The number of methoxy groups -OCH3 is 1. The van der Waals surface area contributed by atoms with E-state index in [2.05, 4.69) is 23.1 Å². The van der Waals surface area contributed by atoms with Gasteiger partial charge in [-0.2, -0.15) is 0 Å². The molecule has 6 rings (SSSR count). The molecule has 1 spiro atoms. The second-order valence-corrected chi connectivity index (χ2v) is 15.6. The molecule has 5 aliphatic rings. The zero-order valence-electron chi connectivity index (χ0n) is 25.2. The summed E-state index contributed by atoms with van der Waals surface area (Å²) in [6.45, 7) is 12.1. The lowest BCUT2D eigenvalue weighted by molar-refractivity contribution is -0.213. The number of hydrogen-bond donors (Lipinski definition) is 0. The van der Waals surface area contributed by atoms with E-state index in [1.807, 2.05) is 34.6 Å². The van der Waals surface area contributed by atoms with Gasteiger partial charge in [0.25, 0.3) is 0 Å². The van der Waals surface area contributed by atoms with Gasteiger partial charge in [0.2, 0.25) is 6.79 Å². The first-order valence-electron chi connectivity index (χ1n) is 14.9. The van der Waals surface area contributed by atoms with Crippen LogP contribution in [0, 0.1) is 0 Å². The summed E-state index contributed by atoms with van der Waals surface area (Å²) in [5, 5.41) is -0.0629. The smallest absolute Gasteiger partial charge is 0.339 e. The Kier molecular flexibility index (Phi) is 7.18. The molecule has 0 radical (unpaired) electrons. The van der Waals surface area contributed by atoms with Crippen LogP contribution in [0.5, 0.6) is 11.5 Å². The Hall–Kier alpha value is -2.23. The molecule has 4 heterocycles. The molecule has 0 bridgehead atoms. The quantitative estimate of drug-likeness (QED) is 0.415. The van der Waals surface area contributed by atoms with Crippen molar-refractivity contribution in [3.63, 3.8) is 0 Å². The number of thioether (sulfide) groups is 1. The fraction of sp³-hybridized carbons (Fsp3) is 0.688. The minimum Gasteiger partial charge on any atom is -0.497 e. The van der Waals surface area contributed by atoms with Gasteiger partial charge in [0, 0.05) is 11.3 Å². The Morgan fingerprint density at radius 1 is 1.07 bits per heavy atom. The molecule has 1 aliphatic carbocycles. The lowest BCUT2D eigenvalue weighted by atomic mass is 9.77. The van der Waals surface area contributed by atoms with E-state index in [1.165, 1.54) is 17.3 Å². The average molecular weight is 586 g/mol. The number of esters is 1. The SMILES string of the molecule is COC1=C[C@]23CCCN2CCc2cc4c(cc2[C@@H]3C1OC(=O)[C@@]1(CC(=O)SC(C)(C)C)CCCC(C)(C)O1)OCO4. The van der Waals surface area contributed by atoms with Crippen LogP contribution in [-0.2, 0) is 30.2 Å². The molecule has 4 aliphatic heterocycles. The Morgan fingerprint density at radius 3 is 2.54 bits per heavy atom. The number of benzene rings is 1. The van der Waals surface area contributed by atoms with Crippen LogP contribution in [0.25, 0.3) is 0 Å². The Balaban J connectivity index is 1.38. The molecule has 0 aromatic heterocycles. The number of nitrogens with zero attached hydrogens (tertiary/aromatic N) is 1. The highest BCUT2D eigenvalue weighted by molar-refractivity contribution is 8.14. The van der Waals surface area contributed by atoms with E-state index < -0.39 is 23.3 Å². The molecular weight excluding hydrogens is 542 g/mol. The van der Waals surface area contributed by atoms with Crippen LogP contribution in [0.4, 0.5) is 0 Å². The van der Waals surface area contributed by atoms with E-state index >= 15 is 0 Å². The van der Waals surface area contributed by atoms with Crippen molar-refractivity contribution in [3.8, 4) is 11.5 Å². The number of rotatable bonds is 5. The summed E-state index contributed by atoms with van der Waals surface area (Å²) in [6, 6.07) is 4.17. The Morgan fingerprint density at radius 2 is 1.83 bits per heavy atom. The molecule has 1 unspecified atom stereocenters.